The van der Waals surface area contributed by atoms with Gasteiger partial charge in [0.2, 0.25) is 0 Å². The van der Waals surface area contributed by atoms with Crippen molar-refractivity contribution in [3.63, 3.8) is 0 Å². The van der Waals surface area contributed by atoms with Crippen LogP contribution in [-0.4, -0.2) is 40.1 Å². The third-order valence-electron chi connectivity index (χ3n) is 3.62. The highest BCUT2D eigenvalue weighted by Crippen LogP contribution is 2.17. The number of carbonyl (C=O) groups is 1. The summed E-state index contributed by atoms with van der Waals surface area (Å²) in [4.78, 5) is 18.8. The van der Waals surface area contributed by atoms with E-state index in [9.17, 15) is 9.90 Å². The molecule has 0 saturated carbocycles. The van der Waals surface area contributed by atoms with Crippen LogP contribution in [0, 0.1) is 0 Å². The molecular weight excluding hydrogens is 268 g/mol. The van der Waals surface area contributed by atoms with Gasteiger partial charge in [-0.25, -0.2) is 10.8 Å². The van der Waals surface area contributed by atoms with Crippen LogP contribution in [0.1, 0.15) is 49.7 Å². The predicted octanol–water partition coefficient (Wildman–Crippen LogP) is 1.55. The number of aromatic nitrogens is 1. The average Bonchev–Trinajstić information content (AvgIpc) is 2.53. The maximum absolute atomic E-state index is 12.7. The van der Waals surface area contributed by atoms with Gasteiger partial charge in [0.1, 0.15) is 5.82 Å². The summed E-state index contributed by atoms with van der Waals surface area (Å²) in [5.74, 6) is 5.80. The number of nitrogens with zero attached hydrogens (tertiary/aromatic N) is 2. The van der Waals surface area contributed by atoms with E-state index in [2.05, 4.69) is 10.4 Å². The molecule has 1 aromatic heterocycles. The SMILES string of the molecule is CCc1cc(C(=O)N(CCO)C(CC)CC)cc(NN)n1. The summed E-state index contributed by atoms with van der Waals surface area (Å²) in [6.07, 6.45) is 2.44. The number of anilines is 1. The second-order valence-corrected chi connectivity index (χ2v) is 4.92. The van der Waals surface area contributed by atoms with Crippen LogP contribution >= 0.6 is 0 Å². The van der Waals surface area contributed by atoms with E-state index in [1.807, 2.05) is 20.8 Å². The molecular formula is C15H26N4O2. The number of aliphatic hydroxyl groups excluding tert-OH is 1. The summed E-state index contributed by atoms with van der Waals surface area (Å²) in [6.45, 7) is 6.35. The van der Waals surface area contributed by atoms with Crippen LogP contribution in [0.2, 0.25) is 0 Å². The van der Waals surface area contributed by atoms with Gasteiger partial charge in [0.15, 0.2) is 0 Å². The van der Waals surface area contributed by atoms with Gasteiger partial charge in [-0.3, -0.25) is 4.79 Å². The van der Waals surface area contributed by atoms with Crippen molar-refractivity contribution in [2.45, 2.75) is 46.1 Å². The van der Waals surface area contributed by atoms with Crippen molar-refractivity contribution < 1.29 is 9.90 Å². The summed E-state index contributed by atoms with van der Waals surface area (Å²) in [5.41, 5.74) is 3.85. The lowest BCUT2D eigenvalue weighted by Crippen LogP contribution is -2.41. The van der Waals surface area contributed by atoms with Crippen molar-refractivity contribution in [3.05, 3.63) is 23.4 Å². The molecule has 0 aliphatic rings. The first kappa shape index (κ1) is 17.4. The van der Waals surface area contributed by atoms with E-state index in [-0.39, 0.29) is 18.6 Å². The molecule has 1 aromatic rings. The fourth-order valence-electron chi connectivity index (χ4n) is 2.42. The quantitative estimate of drug-likeness (QED) is 0.500. The largest absolute Gasteiger partial charge is 0.395 e. The number of nitrogens with one attached hydrogen (secondary N) is 1. The average molecular weight is 294 g/mol. The van der Waals surface area contributed by atoms with Gasteiger partial charge in [0.05, 0.1) is 6.61 Å². The number of aliphatic hydroxyl groups is 1. The van der Waals surface area contributed by atoms with Crippen molar-refractivity contribution in [1.82, 2.24) is 9.88 Å². The zero-order chi connectivity index (χ0) is 15.8. The summed E-state index contributed by atoms with van der Waals surface area (Å²) >= 11 is 0. The summed E-state index contributed by atoms with van der Waals surface area (Å²) < 4.78 is 0. The zero-order valence-corrected chi connectivity index (χ0v) is 13.1. The van der Waals surface area contributed by atoms with E-state index in [0.29, 0.717) is 17.9 Å². The molecule has 1 rings (SSSR count). The normalized spacial score (nSPS) is 10.8. The van der Waals surface area contributed by atoms with Crippen LogP contribution in [0.5, 0.6) is 0 Å². The molecule has 6 heteroatoms. The van der Waals surface area contributed by atoms with Crippen LogP contribution in [0.15, 0.2) is 12.1 Å². The van der Waals surface area contributed by atoms with E-state index in [0.717, 1.165) is 25.0 Å². The van der Waals surface area contributed by atoms with Crippen molar-refractivity contribution in [3.8, 4) is 0 Å². The topological polar surface area (TPSA) is 91.5 Å². The zero-order valence-electron chi connectivity index (χ0n) is 13.1. The predicted molar refractivity (Wildman–Crippen MR) is 83.9 cm³/mol. The maximum atomic E-state index is 12.7. The van der Waals surface area contributed by atoms with Gasteiger partial charge in [-0.2, -0.15) is 0 Å². The van der Waals surface area contributed by atoms with E-state index < -0.39 is 0 Å². The summed E-state index contributed by atoms with van der Waals surface area (Å²) in [6, 6.07) is 3.56. The van der Waals surface area contributed by atoms with Gasteiger partial charge < -0.3 is 15.4 Å². The molecule has 21 heavy (non-hydrogen) atoms. The molecule has 0 aliphatic heterocycles. The Hall–Kier alpha value is -1.66. The molecule has 0 aliphatic carbocycles. The van der Waals surface area contributed by atoms with Gasteiger partial charge in [0, 0.05) is 23.8 Å². The van der Waals surface area contributed by atoms with Crippen LogP contribution in [0.4, 0.5) is 5.82 Å². The minimum atomic E-state index is -0.0913. The Morgan fingerprint density at radius 1 is 1.38 bits per heavy atom. The molecule has 0 saturated heterocycles. The molecule has 0 bridgehead atoms. The van der Waals surface area contributed by atoms with Crippen LogP contribution in [0.25, 0.3) is 0 Å². The number of hydrogen-bond donors (Lipinski definition) is 3. The second kappa shape index (κ2) is 8.59. The number of pyridine rings is 1. The van der Waals surface area contributed by atoms with Crippen molar-refractivity contribution in [2.75, 3.05) is 18.6 Å². The van der Waals surface area contributed by atoms with E-state index in [1.54, 1.807) is 17.0 Å². The molecule has 0 radical (unpaired) electrons. The number of carbonyl (C=O) groups excluding carboxylic acids is 1. The molecule has 118 valence electrons. The molecule has 1 heterocycles. The Balaban J connectivity index is 3.13. The van der Waals surface area contributed by atoms with Gasteiger partial charge in [-0.1, -0.05) is 20.8 Å². The lowest BCUT2D eigenvalue weighted by Gasteiger charge is -2.30. The Bertz CT molecular complexity index is 439. The van der Waals surface area contributed by atoms with Gasteiger partial charge in [-0.05, 0) is 31.4 Å². The number of rotatable bonds is 8. The molecule has 0 unspecified atom stereocenters. The highest BCUT2D eigenvalue weighted by Gasteiger charge is 2.22. The number of nitrogens with two attached hydrogens (primary N) is 1. The molecule has 0 spiro atoms. The van der Waals surface area contributed by atoms with Gasteiger partial charge >= 0.3 is 0 Å². The second-order valence-electron chi connectivity index (χ2n) is 4.92. The van der Waals surface area contributed by atoms with Crippen LogP contribution in [-0.2, 0) is 6.42 Å². The van der Waals surface area contributed by atoms with E-state index in [1.165, 1.54) is 0 Å². The number of aryl methyl sites for hydroxylation is 1. The van der Waals surface area contributed by atoms with Gasteiger partial charge in [0.25, 0.3) is 5.91 Å². The Kier molecular flexibility index (Phi) is 7.11. The first-order valence-corrected chi connectivity index (χ1v) is 7.50. The minimum absolute atomic E-state index is 0.0457. The fourth-order valence-corrected chi connectivity index (χ4v) is 2.42. The summed E-state index contributed by atoms with van der Waals surface area (Å²) in [5, 5.41) is 9.24. The third kappa shape index (κ3) is 4.41. The molecule has 0 atom stereocenters. The monoisotopic (exact) mass is 294 g/mol. The molecule has 1 amide bonds. The third-order valence-corrected chi connectivity index (χ3v) is 3.62. The van der Waals surface area contributed by atoms with Crippen LogP contribution < -0.4 is 11.3 Å². The fraction of sp³-hybridized carbons (Fsp3) is 0.600. The van der Waals surface area contributed by atoms with Crippen molar-refractivity contribution >= 4 is 11.7 Å². The van der Waals surface area contributed by atoms with E-state index >= 15 is 0 Å². The first-order valence-electron chi connectivity index (χ1n) is 7.50. The number of amides is 1. The number of nitrogen functional groups attached to an aromatic ring is 1. The van der Waals surface area contributed by atoms with E-state index in [4.69, 9.17) is 5.84 Å². The molecule has 0 fully saturated rings. The Morgan fingerprint density at radius 2 is 2.05 bits per heavy atom. The van der Waals surface area contributed by atoms with Crippen molar-refractivity contribution in [2.24, 2.45) is 5.84 Å². The lowest BCUT2D eigenvalue weighted by molar-refractivity contribution is 0.0622. The number of hydrazine groups is 1. The smallest absolute Gasteiger partial charge is 0.254 e. The molecule has 6 nitrogen and oxygen atoms in total. The highest BCUT2D eigenvalue weighted by molar-refractivity contribution is 5.95. The molecule has 0 aromatic carbocycles. The summed E-state index contributed by atoms with van der Waals surface area (Å²) in [7, 11) is 0. The Morgan fingerprint density at radius 3 is 2.52 bits per heavy atom. The standard InChI is InChI=1S/C15H26N4O2/c1-4-12-9-11(10-14(17-12)18-16)15(21)19(7-8-20)13(5-2)6-3/h9-10,13,20H,4-8,16H2,1-3H3,(H,17,18). The molecule has 4 N–H and O–H groups in total. The maximum Gasteiger partial charge on any atom is 0.254 e. The van der Waals surface area contributed by atoms with Gasteiger partial charge in [-0.15, -0.1) is 0 Å². The first-order chi connectivity index (χ1) is 10.1. The lowest BCUT2D eigenvalue weighted by atomic mass is 10.1. The minimum Gasteiger partial charge on any atom is -0.395 e. The van der Waals surface area contributed by atoms with Crippen LogP contribution in [0.3, 0.4) is 0 Å². The Labute approximate surface area is 126 Å². The highest BCUT2D eigenvalue weighted by atomic mass is 16.3. The van der Waals surface area contributed by atoms with Crippen molar-refractivity contribution in [1.29, 1.82) is 0 Å². The number of hydrogen-bond acceptors (Lipinski definition) is 5.